The summed E-state index contributed by atoms with van der Waals surface area (Å²) in [6, 6.07) is 0. The summed E-state index contributed by atoms with van der Waals surface area (Å²) in [5, 5.41) is 0. The topological polar surface area (TPSA) is 49.7 Å². The van der Waals surface area contributed by atoms with E-state index in [0.717, 1.165) is 0 Å². The van der Waals surface area contributed by atoms with Gasteiger partial charge in [-0.25, -0.2) is 0 Å². The minimum absolute atomic E-state index is 0.160. The number of hydrogen-bond acceptors (Lipinski definition) is 3. The van der Waals surface area contributed by atoms with Crippen LogP contribution in [0.3, 0.4) is 0 Å². The van der Waals surface area contributed by atoms with Crippen molar-refractivity contribution in [2.75, 3.05) is 0 Å². The summed E-state index contributed by atoms with van der Waals surface area (Å²) in [6.07, 6.45) is 31.5. The lowest BCUT2D eigenvalue weighted by Gasteiger charge is -2.42. The van der Waals surface area contributed by atoms with Crippen LogP contribution in [-0.2, 0) is 4.12 Å². The second-order valence-electron chi connectivity index (χ2n) is 6.79. The Morgan fingerprint density at radius 1 is 0.440 bits per heavy atom. The van der Waals surface area contributed by atoms with Crippen LogP contribution in [-0.4, -0.2) is 26.7 Å². The predicted molar refractivity (Wildman–Crippen MR) is 105 cm³/mol. The highest BCUT2D eigenvalue weighted by atomic mass is 28.5. The van der Waals surface area contributed by atoms with Gasteiger partial charge in [0.25, 0.3) is 0 Å². The van der Waals surface area contributed by atoms with Crippen LogP contribution in [0, 0.1) is 0 Å². The van der Waals surface area contributed by atoms with Crippen molar-refractivity contribution in [1.82, 2.24) is 0 Å². The van der Waals surface area contributed by atoms with Gasteiger partial charge in [-0.3, -0.25) is 0 Å². The Morgan fingerprint density at radius 3 is 0.840 bits per heavy atom. The number of rotatable bonds is 6. The molecule has 0 heterocycles. The average Bonchev–Trinajstić information content (AvgIpc) is 3.45. The normalized spacial score (nSPS) is 23.4. The van der Waals surface area contributed by atoms with Crippen molar-refractivity contribution in [3.05, 3.63) is 97.2 Å². The van der Waals surface area contributed by atoms with Gasteiger partial charge in [0.05, 0.1) is 0 Å². The van der Waals surface area contributed by atoms with Crippen LogP contribution in [0.2, 0.25) is 22.2 Å². The van der Waals surface area contributed by atoms with E-state index in [1.54, 1.807) is 0 Å². The molecule has 25 heavy (non-hydrogen) atoms. The molecular weight excluding hydrogens is 344 g/mol. The first-order valence-electron chi connectivity index (χ1n) is 8.68. The maximum absolute atomic E-state index is 11.8. The second kappa shape index (κ2) is 6.51. The van der Waals surface area contributed by atoms with Crippen molar-refractivity contribution in [2.24, 2.45) is 0 Å². The zero-order valence-corrected chi connectivity index (χ0v) is 15.8. The van der Waals surface area contributed by atoms with E-state index >= 15 is 0 Å². The summed E-state index contributed by atoms with van der Waals surface area (Å²) >= 11 is 0. The SMILES string of the molecule is O[Si](O[Si](O)(C1C=CC=C1)C1C=CC=C1)(C1C=CC=C1)C1C=CC=C1. The molecule has 0 saturated carbocycles. The van der Waals surface area contributed by atoms with Gasteiger partial charge < -0.3 is 13.7 Å². The predicted octanol–water partition coefficient (Wildman–Crippen LogP) is 3.86. The lowest BCUT2D eigenvalue weighted by molar-refractivity contribution is 0.285. The van der Waals surface area contributed by atoms with Gasteiger partial charge in [0.15, 0.2) is 0 Å². The minimum atomic E-state index is -3.32. The van der Waals surface area contributed by atoms with Gasteiger partial charge in [-0.1, -0.05) is 97.2 Å². The van der Waals surface area contributed by atoms with Crippen molar-refractivity contribution in [3.8, 4) is 0 Å². The van der Waals surface area contributed by atoms with E-state index in [9.17, 15) is 9.59 Å². The highest BCUT2D eigenvalue weighted by Gasteiger charge is 2.57. The van der Waals surface area contributed by atoms with Crippen molar-refractivity contribution in [3.63, 3.8) is 0 Å². The molecule has 5 heteroatoms. The lowest BCUT2D eigenvalue weighted by Crippen LogP contribution is -2.59. The van der Waals surface area contributed by atoms with Crippen LogP contribution in [0.5, 0.6) is 0 Å². The van der Waals surface area contributed by atoms with Crippen LogP contribution < -0.4 is 0 Å². The van der Waals surface area contributed by atoms with Gasteiger partial charge in [-0.15, -0.1) is 0 Å². The third-order valence-electron chi connectivity index (χ3n) is 5.23. The fourth-order valence-corrected chi connectivity index (χ4v) is 12.1. The third kappa shape index (κ3) is 2.88. The van der Waals surface area contributed by atoms with Gasteiger partial charge in [-0.05, 0) is 0 Å². The highest BCUT2D eigenvalue weighted by Crippen LogP contribution is 2.47. The first-order chi connectivity index (χ1) is 12.1. The third-order valence-corrected chi connectivity index (χ3v) is 13.2. The fraction of sp³-hybridized carbons (Fsp3) is 0.200. The molecule has 0 saturated heterocycles. The molecule has 0 radical (unpaired) electrons. The van der Waals surface area contributed by atoms with Crippen molar-refractivity contribution < 1.29 is 13.7 Å². The molecule has 0 unspecified atom stereocenters. The summed E-state index contributed by atoms with van der Waals surface area (Å²) < 4.78 is 6.54. The maximum atomic E-state index is 11.8. The van der Waals surface area contributed by atoms with Gasteiger partial charge in [0, 0.05) is 22.2 Å². The summed E-state index contributed by atoms with van der Waals surface area (Å²) in [7, 11) is -6.65. The lowest BCUT2D eigenvalue weighted by atomic mass is 10.4. The molecule has 0 spiro atoms. The molecule has 4 aliphatic carbocycles. The molecule has 0 aromatic rings. The van der Waals surface area contributed by atoms with E-state index < -0.39 is 17.1 Å². The summed E-state index contributed by atoms with van der Waals surface area (Å²) in [6.45, 7) is 0. The highest BCUT2D eigenvalue weighted by molar-refractivity contribution is 6.84. The average molecular weight is 367 g/mol. The standard InChI is InChI=1S/C20H22O3Si2/c21-24(17-9-1-2-10-17,18-11-3-4-12-18)23-25(22,19-13-5-6-14-19)20-15-7-8-16-20/h1-22H. The molecule has 3 nitrogen and oxygen atoms in total. The Bertz CT molecular complexity index is 602. The van der Waals surface area contributed by atoms with Gasteiger partial charge in [0.2, 0.25) is 0 Å². The molecular formula is C20H22O3Si2. The maximum Gasteiger partial charge on any atom is 0.348 e. The van der Waals surface area contributed by atoms with E-state index in [0.29, 0.717) is 0 Å². The van der Waals surface area contributed by atoms with Gasteiger partial charge in [0.1, 0.15) is 0 Å². The molecule has 0 aliphatic heterocycles. The largest absolute Gasteiger partial charge is 0.412 e. The Kier molecular flexibility index (Phi) is 4.35. The quantitative estimate of drug-likeness (QED) is 0.702. The summed E-state index contributed by atoms with van der Waals surface area (Å²) in [5.74, 6) is 0. The summed E-state index contributed by atoms with van der Waals surface area (Å²) in [4.78, 5) is 23.5. The smallest absolute Gasteiger partial charge is 0.348 e. The van der Waals surface area contributed by atoms with Crippen molar-refractivity contribution in [1.29, 1.82) is 0 Å². The van der Waals surface area contributed by atoms with Crippen LogP contribution in [0.15, 0.2) is 97.2 Å². The van der Waals surface area contributed by atoms with Crippen molar-refractivity contribution in [2.45, 2.75) is 22.2 Å². The molecule has 0 aromatic carbocycles. The van der Waals surface area contributed by atoms with E-state index in [1.807, 2.05) is 97.2 Å². The zero-order valence-electron chi connectivity index (χ0n) is 13.8. The Labute approximate surface area is 150 Å². The number of hydrogen-bond donors (Lipinski definition) is 2. The summed E-state index contributed by atoms with van der Waals surface area (Å²) in [5.41, 5.74) is -0.638. The first-order valence-corrected chi connectivity index (χ1v) is 12.7. The van der Waals surface area contributed by atoms with E-state index in [4.69, 9.17) is 4.12 Å². The second-order valence-corrected chi connectivity index (χ2v) is 13.3. The minimum Gasteiger partial charge on any atom is -0.412 e. The fourth-order valence-electron chi connectivity index (χ4n) is 3.81. The van der Waals surface area contributed by atoms with Crippen LogP contribution in [0.1, 0.15) is 0 Å². The van der Waals surface area contributed by atoms with E-state index in [1.165, 1.54) is 0 Å². The van der Waals surface area contributed by atoms with Crippen LogP contribution in [0.4, 0.5) is 0 Å². The molecule has 2 N–H and O–H groups in total. The van der Waals surface area contributed by atoms with E-state index in [-0.39, 0.29) is 22.2 Å². The van der Waals surface area contributed by atoms with E-state index in [2.05, 4.69) is 0 Å². The molecule has 0 bridgehead atoms. The molecule has 0 fully saturated rings. The molecule has 0 aromatic heterocycles. The molecule has 0 atom stereocenters. The Hall–Kier alpha value is -1.77. The molecule has 4 rings (SSSR count). The monoisotopic (exact) mass is 366 g/mol. The van der Waals surface area contributed by atoms with Crippen LogP contribution >= 0.6 is 0 Å². The molecule has 0 amide bonds. The Balaban J connectivity index is 1.73. The van der Waals surface area contributed by atoms with Gasteiger partial charge >= 0.3 is 17.1 Å². The van der Waals surface area contributed by atoms with Crippen molar-refractivity contribution >= 4 is 17.1 Å². The number of allylic oxidation sites excluding steroid dienone is 16. The zero-order chi connectivity index (χ0) is 17.3. The first kappa shape index (κ1) is 16.7. The van der Waals surface area contributed by atoms with Crippen LogP contribution in [0.25, 0.3) is 0 Å². The molecule has 4 aliphatic rings. The van der Waals surface area contributed by atoms with Gasteiger partial charge in [-0.2, -0.15) is 0 Å². The Morgan fingerprint density at radius 2 is 0.640 bits per heavy atom. The molecule has 128 valence electrons.